The number of amides is 2. The summed E-state index contributed by atoms with van der Waals surface area (Å²) in [4.78, 5) is 31.6. The number of carbonyl (C=O) groups is 2. The summed E-state index contributed by atoms with van der Waals surface area (Å²) in [5.41, 5.74) is 1.22. The molecule has 2 amide bonds. The van der Waals surface area contributed by atoms with Crippen LogP contribution in [-0.2, 0) is 24.3 Å². The van der Waals surface area contributed by atoms with Gasteiger partial charge in [0, 0.05) is 33.7 Å². The molecule has 37 heavy (non-hydrogen) atoms. The van der Waals surface area contributed by atoms with Crippen molar-refractivity contribution in [3.05, 3.63) is 23.3 Å². The zero-order valence-corrected chi connectivity index (χ0v) is 23.8. The van der Waals surface area contributed by atoms with Gasteiger partial charge in [-0.1, -0.05) is 0 Å². The van der Waals surface area contributed by atoms with Gasteiger partial charge in [0.1, 0.15) is 12.4 Å². The van der Waals surface area contributed by atoms with Crippen molar-refractivity contribution in [2.75, 3.05) is 67.1 Å². The largest absolute Gasteiger partial charge is 0.497 e. The highest BCUT2D eigenvalue weighted by atomic mass is 32.2. The molecule has 208 valence electrons. The lowest BCUT2D eigenvalue weighted by Gasteiger charge is -2.29. The van der Waals surface area contributed by atoms with E-state index in [1.165, 1.54) is 11.4 Å². The van der Waals surface area contributed by atoms with Crippen molar-refractivity contribution >= 4 is 21.8 Å². The van der Waals surface area contributed by atoms with Gasteiger partial charge in [0.25, 0.3) is 0 Å². The van der Waals surface area contributed by atoms with E-state index in [0.29, 0.717) is 30.0 Å². The maximum Gasteiger partial charge on any atom is 0.248 e. The Hall–Kier alpha value is -2.21. The zero-order chi connectivity index (χ0) is 27.3. The normalized spacial score (nSPS) is 19.4. The van der Waals surface area contributed by atoms with Gasteiger partial charge >= 0.3 is 0 Å². The van der Waals surface area contributed by atoms with Crippen LogP contribution in [0.3, 0.4) is 0 Å². The van der Waals surface area contributed by atoms with Crippen molar-refractivity contribution < 1.29 is 27.5 Å². The molecule has 1 aromatic rings. The SMILES string of the molecule is COc1cc(C)c(S(=O)(=O)N(C)CCOCC(=O)N(C)C2CCN(C(=O)C(C)N3CCCC3)C2)c(C)c1. The number of nitrogens with zero attached hydrogens (tertiary/aromatic N) is 4. The number of benzene rings is 1. The third kappa shape index (κ3) is 6.81. The first-order valence-electron chi connectivity index (χ1n) is 12.9. The van der Waals surface area contributed by atoms with Crippen molar-refractivity contribution in [2.24, 2.45) is 0 Å². The zero-order valence-electron chi connectivity index (χ0n) is 23.0. The quantitative estimate of drug-likeness (QED) is 0.394. The first-order chi connectivity index (χ1) is 17.5. The van der Waals surface area contributed by atoms with Crippen LogP contribution in [0.25, 0.3) is 0 Å². The van der Waals surface area contributed by atoms with Crippen LogP contribution in [-0.4, -0.2) is 118 Å². The van der Waals surface area contributed by atoms with E-state index in [1.807, 2.05) is 11.8 Å². The standard InChI is InChI=1S/C26H42N4O6S/c1-19-15-23(35-6)16-20(2)25(19)37(33,34)27(4)13-14-36-18-24(31)28(5)22-9-12-30(17-22)26(32)21(3)29-10-7-8-11-29/h15-16,21-22H,7-14,17-18H2,1-6H3. The minimum atomic E-state index is -3.72. The maximum absolute atomic E-state index is 13.1. The summed E-state index contributed by atoms with van der Waals surface area (Å²) in [6.07, 6.45) is 3.02. The van der Waals surface area contributed by atoms with Gasteiger partial charge in [-0.15, -0.1) is 0 Å². The van der Waals surface area contributed by atoms with Crippen LogP contribution in [0.15, 0.2) is 17.0 Å². The first kappa shape index (κ1) is 29.3. The van der Waals surface area contributed by atoms with Gasteiger partial charge in [0.15, 0.2) is 0 Å². The molecule has 0 saturated carbocycles. The van der Waals surface area contributed by atoms with E-state index < -0.39 is 10.0 Å². The fourth-order valence-electron chi connectivity index (χ4n) is 5.18. The number of likely N-dealkylation sites (tertiary alicyclic amines) is 2. The molecule has 10 nitrogen and oxygen atoms in total. The lowest BCUT2D eigenvalue weighted by atomic mass is 10.1. The van der Waals surface area contributed by atoms with Crippen LogP contribution < -0.4 is 4.74 Å². The molecule has 0 bridgehead atoms. The number of hydrogen-bond donors (Lipinski definition) is 0. The van der Waals surface area contributed by atoms with Gasteiger partial charge in [-0.05, 0) is 76.4 Å². The van der Waals surface area contributed by atoms with Crippen LogP contribution in [0, 0.1) is 13.8 Å². The summed E-state index contributed by atoms with van der Waals surface area (Å²) in [5, 5.41) is 0. The minimum absolute atomic E-state index is 0.0464. The van der Waals surface area contributed by atoms with E-state index in [2.05, 4.69) is 4.90 Å². The summed E-state index contributed by atoms with van der Waals surface area (Å²) in [7, 11) is 1.06. The average Bonchev–Trinajstić information content (AvgIpc) is 3.57. The van der Waals surface area contributed by atoms with E-state index in [0.717, 1.165) is 32.4 Å². The van der Waals surface area contributed by atoms with E-state index in [4.69, 9.17) is 9.47 Å². The van der Waals surface area contributed by atoms with Crippen LogP contribution >= 0.6 is 0 Å². The predicted octanol–water partition coefficient (Wildman–Crippen LogP) is 1.49. The van der Waals surface area contributed by atoms with Gasteiger partial charge in [0.05, 0.1) is 30.7 Å². The number of likely N-dealkylation sites (N-methyl/N-ethyl adjacent to an activating group) is 2. The molecular formula is C26H42N4O6S. The fraction of sp³-hybridized carbons (Fsp3) is 0.692. The maximum atomic E-state index is 13.1. The summed E-state index contributed by atoms with van der Waals surface area (Å²) in [6.45, 7) is 8.63. The van der Waals surface area contributed by atoms with E-state index in [-0.39, 0.29) is 48.6 Å². The lowest BCUT2D eigenvalue weighted by molar-refractivity contribution is -0.138. The molecule has 0 aromatic heterocycles. The predicted molar refractivity (Wildman–Crippen MR) is 141 cm³/mol. The Morgan fingerprint density at radius 1 is 1.11 bits per heavy atom. The molecule has 0 spiro atoms. The fourth-order valence-corrected chi connectivity index (χ4v) is 6.73. The van der Waals surface area contributed by atoms with Crippen LogP contribution in [0.4, 0.5) is 0 Å². The molecule has 0 aliphatic carbocycles. The van der Waals surface area contributed by atoms with E-state index >= 15 is 0 Å². The molecule has 2 fully saturated rings. The molecule has 11 heteroatoms. The van der Waals surface area contributed by atoms with Crippen molar-refractivity contribution in [3.63, 3.8) is 0 Å². The number of ether oxygens (including phenoxy) is 2. The Morgan fingerprint density at radius 2 is 1.73 bits per heavy atom. The molecule has 0 radical (unpaired) electrons. The molecule has 2 heterocycles. The summed E-state index contributed by atoms with van der Waals surface area (Å²) < 4.78 is 38.3. The van der Waals surface area contributed by atoms with Crippen LogP contribution in [0.1, 0.15) is 37.3 Å². The number of methoxy groups -OCH3 is 1. The molecular weight excluding hydrogens is 496 g/mol. The van der Waals surface area contributed by atoms with Gasteiger partial charge in [0.2, 0.25) is 21.8 Å². The Kier molecular flexibility index (Phi) is 9.96. The van der Waals surface area contributed by atoms with Crippen molar-refractivity contribution in [1.82, 2.24) is 19.0 Å². The second-order valence-corrected chi connectivity index (χ2v) is 12.1. The smallest absolute Gasteiger partial charge is 0.248 e. The summed E-state index contributed by atoms with van der Waals surface area (Å²) in [5.74, 6) is 0.561. The molecule has 0 N–H and O–H groups in total. The van der Waals surface area contributed by atoms with Crippen LogP contribution in [0.2, 0.25) is 0 Å². The Morgan fingerprint density at radius 3 is 2.32 bits per heavy atom. The molecule has 2 unspecified atom stereocenters. The number of aryl methyl sites for hydroxylation is 2. The highest BCUT2D eigenvalue weighted by Crippen LogP contribution is 2.27. The van der Waals surface area contributed by atoms with Gasteiger partial charge in [-0.25, -0.2) is 8.42 Å². The average molecular weight is 539 g/mol. The van der Waals surface area contributed by atoms with Gasteiger partial charge < -0.3 is 19.3 Å². The Balaban J connectivity index is 1.45. The highest BCUT2D eigenvalue weighted by molar-refractivity contribution is 7.89. The number of sulfonamides is 1. The third-order valence-electron chi connectivity index (χ3n) is 7.58. The second kappa shape index (κ2) is 12.6. The van der Waals surface area contributed by atoms with Crippen LogP contribution in [0.5, 0.6) is 5.75 Å². The van der Waals surface area contributed by atoms with Gasteiger partial charge in [-0.3, -0.25) is 14.5 Å². The van der Waals surface area contributed by atoms with Crippen molar-refractivity contribution in [3.8, 4) is 5.75 Å². The first-order valence-corrected chi connectivity index (χ1v) is 14.4. The Bertz CT molecular complexity index is 1050. The topological polar surface area (TPSA) is 99.7 Å². The highest BCUT2D eigenvalue weighted by Gasteiger charge is 2.35. The van der Waals surface area contributed by atoms with Gasteiger partial charge in [-0.2, -0.15) is 4.31 Å². The molecule has 2 aliphatic heterocycles. The number of carbonyl (C=O) groups excluding carboxylic acids is 2. The number of rotatable bonds is 11. The number of hydrogen-bond acceptors (Lipinski definition) is 7. The molecule has 2 aliphatic rings. The minimum Gasteiger partial charge on any atom is -0.497 e. The molecule has 3 rings (SSSR count). The second-order valence-electron chi connectivity index (χ2n) is 10.1. The molecule has 1 aromatic carbocycles. The Labute approximate surface area is 221 Å². The van der Waals surface area contributed by atoms with Crippen molar-refractivity contribution in [1.29, 1.82) is 0 Å². The summed E-state index contributed by atoms with van der Waals surface area (Å²) >= 11 is 0. The molecule has 2 atom stereocenters. The lowest BCUT2D eigenvalue weighted by Crippen LogP contribution is -2.47. The van der Waals surface area contributed by atoms with Crippen molar-refractivity contribution in [2.45, 2.75) is 57.0 Å². The van der Waals surface area contributed by atoms with E-state index in [9.17, 15) is 18.0 Å². The molecule has 2 saturated heterocycles. The van der Waals surface area contributed by atoms with E-state index in [1.54, 1.807) is 45.0 Å². The summed E-state index contributed by atoms with van der Waals surface area (Å²) in [6, 6.07) is 3.23. The third-order valence-corrected chi connectivity index (χ3v) is 9.74. The monoisotopic (exact) mass is 538 g/mol.